The van der Waals surface area contributed by atoms with Gasteiger partial charge in [0.25, 0.3) is 5.56 Å². The molecular weight excluding hydrogens is 320 g/mol. The number of thioether (sulfide) groups is 1. The van der Waals surface area contributed by atoms with Gasteiger partial charge in [-0.15, -0.1) is 23.1 Å². The SMILES string of the molecule is CC(C)Cn1c(=O)n(C)c(=O)c2c(SC(C)C)c(CO)sc21. The van der Waals surface area contributed by atoms with E-state index in [0.29, 0.717) is 27.9 Å². The molecule has 0 fully saturated rings. The highest BCUT2D eigenvalue weighted by Gasteiger charge is 2.22. The molecule has 0 spiro atoms. The molecule has 0 saturated heterocycles. The first-order chi connectivity index (χ1) is 10.3. The third kappa shape index (κ3) is 3.02. The molecule has 0 atom stereocenters. The van der Waals surface area contributed by atoms with Gasteiger partial charge in [-0.3, -0.25) is 13.9 Å². The summed E-state index contributed by atoms with van der Waals surface area (Å²) in [5.74, 6) is 0.291. The predicted molar refractivity (Wildman–Crippen MR) is 93.1 cm³/mol. The number of thiophene rings is 1. The Bertz CT molecular complexity index is 800. The fourth-order valence-electron chi connectivity index (χ4n) is 2.34. The molecule has 2 heterocycles. The fourth-order valence-corrected chi connectivity index (χ4v) is 4.69. The lowest BCUT2D eigenvalue weighted by Gasteiger charge is -2.12. The van der Waals surface area contributed by atoms with Crippen LogP contribution in [0.15, 0.2) is 14.5 Å². The van der Waals surface area contributed by atoms with Crippen LogP contribution in [0.4, 0.5) is 0 Å². The summed E-state index contributed by atoms with van der Waals surface area (Å²) in [5.41, 5.74) is -0.572. The van der Waals surface area contributed by atoms with Crippen LogP contribution in [0.1, 0.15) is 32.6 Å². The zero-order valence-corrected chi connectivity index (χ0v) is 15.2. The van der Waals surface area contributed by atoms with Gasteiger partial charge in [-0.2, -0.15) is 0 Å². The van der Waals surface area contributed by atoms with Crippen LogP contribution in [-0.2, 0) is 20.2 Å². The van der Waals surface area contributed by atoms with E-state index in [4.69, 9.17) is 0 Å². The first-order valence-corrected chi connectivity index (χ1v) is 9.00. The summed E-state index contributed by atoms with van der Waals surface area (Å²) in [6, 6.07) is 0. The third-order valence-electron chi connectivity index (χ3n) is 3.24. The Kier molecular flexibility index (Phi) is 5.19. The average Bonchev–Trinajstić information content (AvgIpc) is 2.78. The fraction of sp³-hybridized carbons (Fsp3) is 0.600. The van der Waals surface area contributed by atoms with Gasteiger partial charge in [0.1, 0.15) is 4.83 Å². The van der Waals surface area contributed by atoms with Crippen molar-refractivity contribution in [2.24, 2.45) is 13.0 Å². The van der Waals surface area contributed by atoms with Gasteiger partial charge >= 0.3 is 5.69 Å². The highest BCUT2D eigenvalue weighted by atomic mass is 32.2. The second kappa shape index (κ2) is 6.60. The highest BCUT2D eigenvalue weighted by Crippen LogP contribution is 2.38. The Balaban J connectivity index is 2.90. The highest BCUT2D eigenvalue weighted by molar-refractivity contribution is 8.00. The second-order valence-corrected chi connectivity index (χ2v) is 8.68. The molecule has 22 heavy (non-hydrogen) atoms. The summed E-state index contributed by atoms with van der Waals surface area (Å²) in [4.78, 5) is 27.3. The Labute approximate surface area is 137 Å². The van der Waals surface area contributed by atoms with E-state index in [2.05, 4.69) is 0 Å². The molecule has 2 aromatic rings. The van der Waals surface area contributed by atoms with E-state index in [1.807, 2.05) is 27.7 Å². The van der Waals surface area contributed by atoms with E-state index in [-0.39, 0.29) is 17.9 Å². The van der Waals surface area contributed by atoms with E-state index in [0.717, 1.165) is 9.77 Å². The van der Waals surface area contributed by atoms with Crippen LogP contribution in [0.3, 0.4) is 0 Å². The van der Waals surface area contributed by atoms with Gasteiger partial charge in [0.2, 0.25) is 0 Å². The molecule has 0 amide bonds. The minimum atomic E-state index is -0.293. The first-order valence-electron chi connectivity index (χ1n) is 7.30. The van der Waals surface area contributed by atoms with E-state index in [9.17, 15) is 14.7 Å². The summed E-state index contributed by atoms with van der Waals surface area (Å²) in [6.45, 7) is 8.60. The maximum Gasteiger partial charge on any atom is 0.331 e. The van der Waals surface area contributed by atoms with Crippen LogP contribution in [0, 0.1) is 5.92 Å². The lowest BCUT2D eigenvalue weighted by Crippen LogP contribution is -2.38. The predicted octanol–water partition coefficient (Wildman–Crippen LogP) is 2.41. The van der Waals surface area contributed by atoms with Crippen LogP contribution in [0.5, 0.6) is 0 Å². The smallest absolute Gasteiger partial charge is 0.331 e. The van der Waals surface area contributed by atoms with Gasteiger partial charge in [-0.05, 0) is 5.92 Å². The molecule has 1 N–H and O–H groups in total. The standard InChI is InChI=1S/C15H22N2O3S2/c1-8(2)6-17-14-11(13(19)16(5)15(17)20)12(21-9(3)4)10(7-18)22-14/h8-9,18H,6-7H2,1-5H3. The van der Waals surface area contributed by atoms with Gasteiger partial charge in [0.05, 0.1) is 12.0 Å². The number of aliphatic hydroxyl groups is 1. The van der Waals surface area contributed by atoms with Crippen LogP contribution >= 0.6 is 23.1 Å². The molecule has 5 nitrogen and oxygen atoms in total. The van der Waals surface area contributed by atoms with Crippen LogP contribution in [-0.4, -0.2) is 19.5 Å². The molecule has 0 aromatic carbocycles. The topological polar surface area (TPSA) is 64.2 Å². The van der Waals surface area contributed by atoms with E-state index >= 15 is 0 Å². The molecule has 0 radical (unpaired) electrons. The molecular formula is C15H22N2O3S2. The molecule has 0 unspecified atom stereocenters. The zero-order valence-electron chi connectivity index (χ0n) is 13.5. The molecule has 0 aliphatic carbocycles. The maximum absolute atomic E-state index is 12.6. The van der Waals surface area contributed by atoms with Gasteiger partial charge in [-0.25, -0.2) is 4.79 Å². The van der Waals surface area contributed by atoms with Crippen molar-refractivity contribution in [1.82, 2.24) is 9.13 Å². The summed E-state index contributed by atoms with van der Waals surface area (Å²) < 4.78 is 2.83. The number of rotatable bonds is 5. The van der Waals surface area contributed by atoms with Crippen molar-refractivity contribution in [2.45, 2.75) is 51.0 Å². The molecule has 122 valence electrons. The van der Waals surface area contributed by atoms with Crippen LogP contribution < -0.4 is 11.2 Å². The molecule has 0 bridgehead atoms. The third-order valence-corrected chi connectivity index (χ3v) is 5.72. The molecule has 7 heteroatoms. The normalized spacial score (nSPS) is 12.0. The van der Waals surface area contributed by atoms with Gasteiger partial charge in [0, 0.05) is 28.6 Å². The number of aliphatic hydroxyl groups excluding tert-OH is 1. The first kappa shape index (κ1) is 17.3. The summed E-state index contributed by atoms with van der Waals surface area (Å²) in [7, 11) is 1.51. The van der Waals surface area contributed by atoms with E-state index < -0.39 is 0 Å². The summed E-state index contributed by atoms with van der Waals surface area (Å²) >= 11 is 2.91. The van der Waals surface area contributed by atoms with Crippen molar-refractivity contribution >= 4 is 33.3 Å². The maximum atomic E-state index is 12.6. The number of hydrogen-bond donors (Lipinski definition) is 1. The lowest BCUT2D eigenvalue weighted by molar-refractivity contribution is 0.283. The minimum absolute atomic E-state index is 0.118. The van der Waals surface area contributed by atoms with Crippen molar-refractivity contribution in [3.63, 3.8) is 0 Å². The Morgan fingerprint density at radius 1 is 1.23 bits per heavy atom. The van der Waals surface area contributed by atoms with Crippen molar-refractivity contribution in [2.75, 3.05) is 0 Å². The molecule has 0 aliphatic rings. The quantitative estimate of drug-likeness (QED) is 0.848. The van der Waals surface area contributed by atoms with Crippen molar-refractivity contribution in [3.05, 3.63) is 25.7 Å². The van der Waals surface area contributed by atoms with Crippen LogP contribution in [0.2, 0.25) is 0 Å². The molecule has 0 saturated carbocycles. The lowest BCUT2D eigenvalue weighted by atomic mass is 10.2. The molecule has 2 aromatic heterocycles. The Morgan fingerprint density at radius 2 is 1.86 bits per heavy atom. The summed E-state index contributed by atoms with van der Waals surface area (Å²) in [5, 5.41) is 10.5. The zero-order chi connectivity index (χ0) is 16.6. The number of nitrogens with zero attached hydrogens (tertiary/aromatic N) is 2. The Hall–Kier alpha value is -1.05. The molecule has 2 rings (SSSR count). The van der Waals surface area contributed by atoms with Gasteiger partial charge in [0.15, 0.2) is 0 Å². The minimum Gasteiger partial charge on any atom is -0.391 e. The van der Waals surface area contributed by atoms with Gasteiger partial charge in [-0.1, -0.05) is 27.7 Å². The number of fused-ring (bicyclic) bond motifs is 1. The monoisotopic (exact) mass is 342 g/mol. The molecule has 0 aliphatic heterocycles. The van der Waals surface area contributed by atoms with Crippen LogP contribution in [0.25, 0.3) is 10.2 Å². The van der Waals surface area contributed by atoms with Crippen molar-refractivity contribution in [3.8, 4) is 0 Å². The van der Waals surface area contributed by atoms with Crippen molar-refractivity contribution in [1.29, 1.82) is 0 Å². The number of hydrogen-bond acceptors (Lipinski definition) is 5. The summed E-state index contributed by atoms with van der Waals surface area (Å²) in [6.07, 6.45) is 0. The van der Waals surface area contributed by atoms with E-state index in [1.165, 1.54) is 23.0 Å². The average molecular weight is 342 g/mol. The second-order valence-electron chi connectivity index (χ2n) is 6.01. The number of aromatic nitrogens is 2. The van der Waals surface area contributed by atoms with Gasteiger partial charge < -0.3 is 5.11 Å². The Morgan fingerprint density at radius 3 is 2.36 bits per heavy atom. The largest absolute Gasteiger partial charge is 0.391 e. The van der Waals surface area contributed by atoms with Crippen molar-refractivity contribution < 1.29 is 5.11 Å². The van der Waals surface area contributed by atoms with E-state index in [1.54, 1.807) is 16.3 Å².